The first-order chi connectivity index (χ1) is 9.32. The number of halogens is 1. The van der Waals surface area contributed by atoms with Gasteiger partial charge in [0, 0.05) is 29.8 Å². The number of rotatable bonds is 3. The molecule has 1 saturated heterocycles. The minimum atomic E-state index is -0.124. The van der Waals surface area contributed by atoms with Gasteiger partial charge in [0.05, 0.1) is 11.7 Å². The standard InChI is InChI=1S/C16H25ClN2O/c1-11-9-19(10-16(3,4)20-11)13-6-7-14(12(2)18-5)15(17)8-13/h6-8,11-12,18H,9-10H2,1-5H3. The molecule has 0 aromatic heterocycles. The molecular formula is C16H25ClN2O. The Morgan fingerprint density at radius 1 is 1.45 bits per heavy atom. The summed E-state index contributed by atoms with van der Waals surface area (Å²) >= 11 is 6.43. The molecule has 0 amide bonds. The summed E-state index contributed by atoms with van der Waals surface area (Å²) in [4.78, 5) is 2.36. The predicted molar refractivity (Wildman–Crippen MR) is 85.8 cm³/mol. The zero-order valence-electron chi connectivity index (χ0n) is 13.0. The van der Waals surface area contributed by atoms with Crippen LogP contribution in [0.1, 0.15) is 39.3 Å². The van der Waals surface area contributed by atoms with Crippen LogP contribution in [0.25, 0.3) is 0 Å². The maximum Gasteiger partial charge on any atom is 0.0805 e. The van der Waals surface area contributed by atoms with Crippen molar-refractivity contribution in [2.45, 2.75) is 45.4 Å². The van der Waals surface area contributed by atoms with Crippen molar-refractivity contribution in [2.24, 2.45) is 0 Å². The van der Waals surface area contributed by atoms with Crippen molar-refractivity contribution in [1.82, 2.24) is 5.32 Å². The molecule has 112 valence electrons. The van der Waals surface area contributed by atoms with E-state index in [-0.39, 0.29) is 17.7 Å². The smallest absolute Gasteiger partial charge is 0.0805 e. The Bertz CT molecular complexity index is 476. The Hall–Kier alpha value is -0.770. The van der Waals surface area contributed by atoms with Gasteiger partial charge in [0.25, 0.3) is 0 Å². The highest BCUT2D eigenvalue weighted by molar-refractivity contribution is 6.31. The summed E-state index contributed by atoms with van der Waals surface area (Å²) in [5.41, 5.74) is 2.19. The van der Waals surface area contributed by atoms with Crippen LogP contribution in [0.2, 0.25) is 5.02 Å². The first-order valence-electron chi connectivity index (χ1n) is 7.22. The molecule has 3 nitrogen and oxygen atoms in total. The highest BCUT2D eigenvalue weighted by atomic mass is 35.5. The lowest BCUT2D eigenvalue weighted by Gasteiger charge is -2.43. The van der Waals surface area contributed by atoms with Crippen LogP contribution in [0.3, 0.4) is 0 Å². The van der Waals surface area contributed by atoms with Gasteiger partial charge in [-0.1, -0.05) is 17.7 Å². The monoisotopic (exact) mass is 296 g/mol. The fraction of sp³-hybridized carbons (Fsp3) is 0.625. The van der Waals surface area contributed by atoms with E-state index in [4.69, 9.17) is 16.3 Å². The Kier molecular flexibility index (Phi) is 4.62. The van der Waals surface area contributed by atoms with Crippen LogP contribution in [0, 0.1) is 0 Å². The normalized spacial score (nSPS) is 23.7. The molecule has 0 bridgehead atoms. The van der Waals surface area contributed by atoms with Gasteiger partial charge >= 0.3 is 0 Å². The van der Waals surface area contributed by atoms with E-state index in [1.165, 1.54) is 5.69 Å². The Morgan fingerprint density at radius 2 is 2.15 bits per heavy atom. The van der Waals surface area contributed by atoms with Gasteiger partial charge in [-0.25, -0.2) is 0 Å². The lowest BCUT2D eigenvalue weighted by atomic mass is 10.0. The molecular weight excluding hydrogens is 272 g/mol. The molecule has 0 spiro atoms. The van der Waals surface area contributed by atoms with E-state index < -0.39 is 0 Å². The molecule has 1 aliphatic heterocycles. The van der Waals surface area contributed by atoms with Gasteiger partial charge in [-0.15, -0.1) is 0 Å². The zero-order chi connectivity index (χ0) is 14.9. The third kappa shape index (κ3) is 3.46. The van der Waals surface area contributed by atoms with Crippen LogP contribution in [-0.4, -0.2) is 31.8 Å². The molecule has 1 N–H and O–H groups in total. The largest absolute Gasteiger partial charge is 0.369 e. The van der Waals surface area contributed by atoms with E-state index in [0.717, 1.165) is 23.7 Å². The molecule has 1 aromatic rings. The molecule has 2 atom stereocenters. The number of nitrogens with zero attached hydrogens (tertiary/aromatic N) is 1. The van der Waals surface area contributed by atoms with E-state index in [1.807, 2.05) is 7.05 Å². The summed E-state index contributed by atoms with van der Waals surface area (Å²) in [6.07, 6.45) is 0.230. The van der Waals surface area contributed by atoms with Crippen LogP contribution in [0.5, 0.6) is 0 Å². The van der Waals surface area contributed by atoms with Crippen LogP contribution >= 0.6 is 11.6 Å². The summed E-state index contributed by atoms with van der Waals surface area (Å²) < 4.78 is 5.95. The zero-order valence-corrected chi connectivity index (χ0v) is 13.8. The second-order valence-corrected chi connectivity index (χ2v) is 6.69. The molecule has 1 fully saturated rings. The summed E-state index contributed by atoms with van der Waals surface area (Å²) in [5, 5.41) is 4.04. The van der Waals surface area contributed by atoms with Gasteiger partial charge in [-0.2, -0.15) is 0 Å². The van der Waals surface area contributed by atoms with Crippen LogP contribution in [-0.2, 0) is 4.74 Å². The molecule has 4 heteroatoms. The van der Waals surface area contributed by atoms with Crippen molar-refractivity contribution in [3.8, 4) is 0 Å². The van der Waals surface area contributed by atoms with E-state index in [1.54, 1.807) is 0 Å². The molecule has 0 saturated carbocycles. The molecule has 0 aliphatic carbocycles. The molecule has 0 radical (unpaired) electrons. The van der Waals surface area contributed by atoms with E-state index in [0.29, 0.717) is 0 Å². The fourth-order valence-electron chi connectivity index (χ4n) is 2.87. The highest BCUT2D eigenvalue weighted by Gasteiger charge is 2.31. The Morgan fingerprint density at radius 3 is 2.70 bits per heavy atom. The fourth-order valence-corrected chi connectivity index (χ4v) is 3.21. The van der Waals surface area contributed by atoms with Crippen molar-refractivity contribution < 1.29 is 4.74 Å². The number of anilines is 1. The van der Waals surface area contributed by atoms with Gasteiger partial charge < -0.3 is 15.0 Å². The van der Waals surface area contributed by atoms with Crippen molar-refractivity contribution in [1.29, 1.82) is 0 Å². The Balaban J connectivity index is 2.23. The van der Waals surface area contributed by atoms with Gasteiger partial charge in [-0.05, 0) is 52.4 Å². The SMILES string of the molecule is CNC(C)c1ccc(N2CC(C)OC(C)(C)C2)cc1Cl. The van der Waals surface area contributed by atoms with E-state index in [2.05, 4.69) is 56.1 Å². The number of nitrogens with one attached hydrogen (secondary N) is 1. The number of benzene rings is 1. The second kappa shape index (κ2) is 5.92. The van der Waals surface area contributed by atoms with Crippen LogP contribution < -0.4 is 10.2 Å². The molecule has 2 rings (SSSR count). The highest BCUT2D eigenvalue weighted by Crippen LogP contribution is 2.31. The van der Waals surface area contributed by atoms with Gasteiger partial charge in [0.15, 0.2) is 0 Å². The maximum atomic E-state index is 6.43. The van der Waals surface area contributed by atoms with Gasteiger partial charge in [-0.3, -0.25) is 0 Å². The molecule has 2 unspecified atom stereocenters. The first kappa shape index (κ1) is 15.6. The number of ether oxygens (including phenoxy) is 1. The first-order valence-corrected chi connectivity index (χ1v) is 7.59. The average molecular weight is 297 g/mol. The minimum Gasteiger partial charge on any atom is -0.369 e. The quantitative estimate of drug-likeness (QED) is 0.922. The summed E-state index contributed by atoms with van der Waals surface area (Å²) in [6.45, 7) is 10.3. The predicted octanol–water partition coefficient (Wildman–Crippen LogP) is 3.62. The molecule has 1 aliphatic rings. The number of hydrogen-bond donors (Lipinski definition) is 1. The van der Waals surface area contributed by atoms with E-state index in [9.17, 15) is 0 Å². The summed E-state index contributed by atoms with van der Waals surface area (Å²) in [5.74, 6) is 0. The van der Waals surface area contributed by atoms with Crippen LogP contribution in [0.15, 0.2) is 18.2 Å². The number of hydrogen-bond acceptors (Lipinski definition) is 3. The van der Waals surface area contributed by atoms with Crippen molar-refractivity contribution in [3.63, 3.8) is 0 Å². The van der Waals surface area contributed by atoms with Gasteiger partial charge in [0.1, 0.15) is 0 Å². The Labute approximate surface area is 127 Å². The molecule has 1 aromatic carbocycles. The van der Waals surface area contributed by atoms with Gasteiger partial charge in [0.2, 0.25) is 0 Å². The average Bonchev–Trinajstić information content (AvgIpc) is 2.35. The third-order valence-corrected chi connectivity index (χ3v) is 4.15. The van der Waals surface area contributed by atoms with E-state index >= 15 is 0 Å². The summed E-state index contributed by atoms with van der Waals surface area (Å²) in [6, 6.07) is 6.60. The second-order valence-electron chi connectivity index (χ2n) is 6.28. The van der Waals surface area contributed by atoms with Crippen LogP contribution in [0.4, 0.5) is 5.69 Å². The lowest BCUT2D eigenvalue weighted by Crippen LogP contribution is -2.52. The lowest BCUT2D eigenvalue weighted by molar-refractivity contribution is -0.0749. The van der Waals surface area contributed by atoms with Crippen molar-refractivity contribution in [3.05, 3.63) is 28.8 Å². The third-order valence-electron chi connectivity index (χ3n) is 3.82. The minimum absolute atomic E-state index is 0.124. The molecule has 20 heavy (non-hydrogen) atoms. The molecule has 1 heterocycles. The number of morpholine rings is 1. The van der Waals surface area contributed by atoms with Crippen molar-refractivity contribution >= 4 is 17.3 Å². The summed E-state index contributed by atoms with van der Waals surface area (Å²) in [7, 11) is 1.95. The topological polar surface area (TPSA) is 24.5 Å². The maximum absolute atomic E-state index is 6.43. The van der Waals surface area contributed by atoms with Crippen molar-refractivity contribution in [2.75, 3.05) is 25.0 Å².